The molecule has 1 heterocycles. The summed E-state index contributed by atoms with van der Waals surface area (Å²) in [5.41, 5.74) is 4.73. The first-order valence-electron chi connectivity index (χ1n) is 9.10. The topological polar surface area (TPSA) is 38.1 Å². The third kappa shape index (κ3) is 3.85. The average Bonchev–Trinajstić information content (AvgIpc) is 3.08. The quantitative estimate of drug-likeness (QED) is 0.663. The van der Waals surface area contributed by atoms with E-state index in [1.807, 2.05) is 60.0 Å². The van der Waals surface area contributed by atoms with Crippen molar-refractivity contribution in [2.45, 2.75) is 27.3 Å². The fourth-order valence-electron chi connectivity index (χ4n) is 3.04. The molecule has 0 saturated carbocycles. The van der Waals surface area contributed by atoms with Crippen molar-refractivity contribution >= 4 is 5.91 Å². The second-order valence-electron chi connectivity index (χ2n) is 6.42. The van der Waals surface area contributed by atoms with Crippen LogP contribution >= 0.6 is 0 Å². The lowest BCUT2D eigenvalue weighted by Crippen LogP contribution is -2.30. The third-order valence-corrected chi connectivity index (χ3v) is 4.56. The van der Waals surface area contributed by atoms with Crippen LogP contribution in [0.1, 0.15) is 35.3 Å². The summed E-state index contributed by atoms with van der Waals surface area (Å²) in [6.07, 6.45) is 1.88. The fraction of sp³-hybridized carbons (Fsp3) is 0.273. The zero-order valence-electron chi connectivity index (χ0n) is 15.6. The second kappa shape index (κ2) is 8.00. The van der Waals surface area contributed by atoms with Gasteiger partial charge in [0.1, 0.15) is 5.69 Å². The molecule has 0 spiro atoms. The molecular weight excluding hydrogens is 322 g/mol. The molecule has 3 aromatic rings. The maximum Gasteiger partial charge on any atom is 0.257 e. The van der Waals surface area contributed by atoms with Crippen molar-refractivity contribution in [1.82, 2.24) is 14.7 Å². The molecule has 0 atom stereocenters. The number of hydrogen-bond acceptors (Lipinski definition) is 2. The van der Waals surface area contributed by atoms with Gasteiger partial charge in [0.2, 0.25) is 0 Å². The molecule has 0 aliphatic heterocycles. The van der Waals surface area contributed by atoms with Gasteiger partial charge in [-0.15, -0.1) is 0 Å². The van der Waals surface area contributed by atoms with Gasteiger partial charge in [0.25, 0.3) is 5.91 Å². The van der Waals surface area contributed by atoms with Crippen molar-refractivity contribution in [2.75, 3.05) is 13.1 Å². The number of aromatic nitrogens is 2. The zero-order chi connectivity index (χ0) is 18.5. The van der Waals surface area contributed by atoms with Crippen molar-refractivity contribution in [3.05, 3.63) is 77.5 Å². The molecule has 0 aliphatic rings. The maximum absolute atomic E-state index is 13.0. The molecule has 0 bridgehead atoms. The van der Waals surface area contributed by atoms with Crippen LogP contribution in [-0.4, -0.2) is 33.7 Å². The van der Waals surface area contributed by atoms with Gasteiger partial charge in [0, 0.05) is 24.8 Å². The molecular formula is C22H25N3O. The monoisotopic (exact) mass is 347 g/mol. The number of rotatable bonds is 6. The third-order valence-electron chi connectivity index (χ3n) is 4.56. The highest BCUT2D eigenvalue weighted by Gasteiger charge is 2.21. The molecule has 4 heteroatoms. The summed E-state index contributed by atoms with van der Waals surface area (Å²) in [5.74, 6) is 0.0323. The predicted octanol–water partition coefficient (Wildman–Crippen LogP) is 4.39. The smallest absolute Gasteiger partial charge is 0.257 e. The predicted molar refractivity (Wildman–Crippen MR) is 105 cm³/mol. The highest BCUT2D eigenvalue weighted by molar-refractivity contribution is 5.99. The largest absolute Gasteiger partial charge is 0.339 e. The fourth-order valence-corrected chi connectivity index (χ4v) is 3.04. The SMILES string of the molecule is CCN(CC)C(=O)c1cn(Cc2ccccc2)nc1-c1ccc(C)cc1. The maximum atomic E-state index is 13.0. The molecule has 0 fully saturated rings. The molecule has 1 aromatic heterocycles. The molecule has 2 aromatic carbocycles. The van der Waals surface area contributed by atoms with Gasteiger partial charge in [-0.05, 0) is 26.3 Å². The van der Waals surface area contributed by atoms with Crippen LogP contribution in [-0.2, 0) is 6.54 Å². The van der Waals surface area contributed by atoms with Crippen LogP contribution in [0.3, 0.4) is 0 Å². The van der Waals surface area contributed by atoms with E-state index in [0.717, 1.165) is 16.8 Å². The van der Waals surface area contributed by atoms with E-state index >= 15 is 0 Å². The van der Waals surface area contributed by atoms with Crippen LogP contribution in [0.5, 0.6) is 0 Å². The number of amides is 1. The van der Waals surface area contributed by atoms with Crippen LogP contribution in [0, 0.1) is 6.92 Å². The Kier molecular flexibility index (Phi) is 5.52. The van der Waals surface area contributed by atoms with Gasteiger partial charge in [-0.1, -0.05) is 60.2 Å². The lowest BCUT2D eigenvalue weighted by atomic mass is 10.1. The van der Waals surface area contributed by atoms with Gasteiger partial charge in [0.05, 0.1) is 12.1 Å². The molecule has 4 nitrogen and oxygen atoms in total. The van der Waals surface area contributed by atoms with Gasteiger partial charge < -0.3 is 4.90 Å². The molecule has 0 N–H and O–H groups in total. The zero-order valence-corrected chi connectivity index (χ0v) is 15.6. The molecule has 0 radical (unpaired) electrons. The van der Waals surface area contributed by atoms with Crippen molar-refractivity contribution < 1.29 is 4.79 Å². The van der Waals surface area contributed by atoms with Crippen molar-refractivity contribution in [3.63, 3.8) is 0 Å². The summed E-state index contributed by atoms with van der Waals surface area (Å²) in [5, 5.41) is 4.75. The van der Waals surface area contributed by atoms with E-state index in [-0.39, 0.29) is 5.91 Å². The van der Waals surface area contributed by atoms with E-state index in [9.17, 15) is 4.79 Å². The summed E-state index contributed by atoms with van der Waals surface area (Å²) in [6.45, 7) is 8.08. The molecule has 26 heavy (non-hydrogen) atoms. The number of carbonyl (C=O) groups is 1. The van der Waals surface area contributed by atoms with Crippen LogP contribution < -0.4 is 0 Å². The van der Waals surface area contributed by atoms with Gasteiger partial charge in [-0.3, -0.25) is 9.48 Å². The Balaban J connectivity index is 2.02. The molecule has 0 unspecified atom stereocenters. The molecule has 0 aliphatic carbocycles. The summed E-state index contributed by atoms with van der Waals surface area (Å²) in [6, 6.07) is 18.3. The molecule has 0 saturated heterocycles. The molecule has 3 rings (SSSR count). The van der Waals surface area contributed by atoms with Crippen molar-refractivity contribution in [3.8, 4) is 11.3 Å². The summed E-state index contributed by atoms with van der Waals surface area (Å²) in [7, 11) is 0. The summed E-state index contributed by atoms with van der Waals surface area (Å²) in [4.78, 5) is 14.8. The van der Waals surface area contributed by atoms with E-state index in [1.54, 1.807) is 0 Å². The number of aryl methyl sites for hydroxylation is 1. The summed E-state index contributed by atoms with van der Waals surface area (Å²) < 4.78 is 1.86. The lowest BCUT2D eigenvalue weighted by molar-refractivity contribution is 0.0773. The van der Waals surface area contributed by atoms with Crippen LogP contribution in [0.15, 0.2) is 60.8 Å². The first kappa shape index (κ1) is 17.9. The van der Waals surface area contributed by atoms with Crippen LogP contribution in [0.2, 0.25) is 0 Å². The van der Waals surface area contributed by atoms with E-state index in [4.69, 9.17) is 5.10 Å². The Labute approximate surface area is 155 Å². The van der Waals surface area contributed by atoms with Crippen molar-refractivity contribution in [2.24, 2.45) is 0 Å². The highest BCUT2D eigenvalue weighted by atomic mass is 16.2. The Morgan fingerprint density at radius 3 is 2.27 bits per heavy atom. The van der Waals surface area contributed by atoms with Crippen molar-refractivity contribution in [1.29, 1.82) is 0 Å². The summed E-state index contributed by atoms with van der Waals surface area (Å²) >= 11 is 0. The first-order valence-corrected chi connectivity index (χ1v) is 9.10. The highest BCUT2D eigenvalue weighted by Crippen LogP contribution is 2.24. The number of hydrogen-bond donors (Lipinski definition) is 0. The van der Waals surface area contributed by atoms with Gasteiger partial charge in [-0.2, -0.15) is 5.10 Å². The Hall–Kier alpha value is -2.88. The minimum atomic E-state index is 0.0323. The second-order valence-corrected chi connectivity index (χ2v) is 6.42. The van der Waals surface area contributed by atoms with E-state index < -0.39 is 0 Å². The van der Waals surface area contributed by atoms with Gasteiger partial charge in [0.15, 0.2) is 0 Å². The number of carbonyl (C=O) groups excluding carboxylic acids is 1. The van der Waals surface area contributed by atoms with E-state index in [1.165, 1.54) is 5.56 Å². The van der Waals surface area contributed by atoms with Crippen LogP contribution in [0.25, 0.3) is 11.3 Å². The Morgan fingerprint density at radius 2 is 1.65 bits per heavy atom. The number of benzene rings is 2. The Morgan fingerprint density at radius 1 is 1.00 bits per heavy atom. The molecule has 134 valence electrons. The van der Waals surface area contributed by atoms with Gasteiger partial charge >= 0.3 is 0 Å². The lowest BCUT2D eigenvalue weighted by Gasteiger charge is -2.18. The average molecular weight is 347 g/mol. The minimum Gasteiger partial charge on any atom is -0.339 e. The van der Waals surface area contributed by atoms with E-state index in [0.29, 0.717) is 25.2 Å². The van der Waals surface area contributed by atoms with E-state index in [2.05, 4.69) is 31.2 Å². The Bertz CT molecular complexity index is 862. The molecule has 1 amide bonds. The van der Waals surface area contributed by atoms with Crippen LogP contribution in [0.4, 0.5) is 0 Å². The minimum absolute atomic E-state index is 0.0323. The first-order chi connectivity index (χ1) is 12.6. The normalized spacial score (nSPS) is 10.7. The standard InChI is InChI=1S/C22H25N3O/c1-4-24(5-2)22(26)20-16-25(15-18-9-7-6-8-10-18)23-21(20)19-13-11-17(3)12-14-19/h6-14,16H,4-5,15H2,1-3H3. The number of nitrogens with zero attached hydrogens (tertiary/aromatic N) is 3. The van der Waals surface area contributed by atoms with Gasteiger partial charge in [-0.25, -0.2) is 0 Å².